The number of hydrogen-bond acceptors (Lipinski definition) is 12. The zero-order valence-corrected chi connectivity index (χ0v) is 35.3. The maximum atomic E-state index is 5.71. The number of rotatable bonds is 41. The predicted molar refractivity (Wildman–Crippen MR) is 227 cm³/mol. The summed E-state index contributed by atoms with van der Waals surface area (Å²) in [5.74, 6) is 12.5. The highest BCUT2D eigenvalue weighted by molar-refractivity contribution is 8.01. The summed E-state index contributed by atoms with van der Waals surface area (Å²) in [5.41, 5.74) is 4.63. The molecule has 0 fully saturated rings. The van der Waals surface area contributed by atoms with Crippen molar-refractivity contribution < 1.29 is 28.4 Å². The minimum atomic E-state index is 0.530. The third kappa shape index (κ3) is 40.2. The average Bonchev–Trinajstić information content (AvgIpc) is 3.09. The topological polar surface area (TPSA) is 55.4 Å². The van der Waals surface area contributed by atoms with Crippen LogP contribution in [0.4, 0.5) is 0 Å². The highest BCUT2D eigenvalue weighted by Crippen LogP contribution is 2.14. The molecular weight excluding hydrogens is 768 g/mol. The van der Waals surface area contributed by atoms with Crippen LogP contribution in [-0.2, 0) is 28.4 Å². The van der Waals surface area contributed by atoms with Crippen LogP contribution in [0.1, 0.15) is 0 Å². The van der Waals surface area contributed by atoms with Gasteiger partial charge in [0, 0.05) is 80.8 Å². The summed E-state index contributed by atoms with van der Waals surface area (Å²) < 4.78 is 33.8. The number of halogens is 2. The lowest BCUT2D eigenvalue weighted by atomic mass is 10.4. The van der Waals surface area contributed by atoms with Gasteiger partial charge in [-0.1, -0.05) is 48.6 Å². The largest absolute Gasteiger partial charge is 0.378 e. The van der Waals surface area contributed by atoms with E-state index in [4.69, 9.17) is 51.6 Å². The second kappa shape index (κ2) is 41.2. The quantitative estimate of drug-likeness (QED) is 0.0340. The molecule has 6 nitrogen and oxygen atoms in total. The van der Waals surface area contributed by atoms with Gasteiger partial charge in [0.2, 0.25) is 0 Å². The predicted octanol–water partition coefficient (Wildman–Crippen LogP) is 8.19. The van der Waals surface area contributed by atoms with Gasteiger partial charge in [0.15, 0.2) is 0 Å². The van der Waals surface area contributed by atoms with Gasteiger partial charge in [-0.2, -0.15) is 70.6 Å². The van der Waals surface area contributed by atoms with Crippen LogP contribution in [0.5, 0.6) is 0 Å². The monoisotopic (exact) mass is 826 g/mol. The third-order valence-corrected chi connectivity index (χ3v) is 12.7. The van der Waals surface area contributed by atoms with E-state index in [2.05, 4.69) is 26.3 Å². The van der Waals surface area contributed by atoms with Crippen molar-refractivity contribution in [1.29, 1.82) is 0 Å². The van der Waals surface area contributed by atoms with E-state index in [1.54, 1.807) is 23.5 Å². The first kappa shape index (κ1) is 49.4. The Labute approximate surface area is 328 Å². The van der Waals surface area contributed by atoms with Gasteiger partial charge >= 0.3 is 0 Å². The Morgan fingerprint density at radius 2 is 0.500 bits per heavy atom. The molecule has 0 aromatic heterocycles. The molecule has 0 saturated heterocycles. The minimum absolute atomic E-state index is 0.530. The molecule has 48 heavy (non-hydrogen) atoms. The summed E-state index contributed by atoms with van der Waals surface area (Å²) in [4.78, 5) is 0. The second-order valence-corrected chi connectivity index (χ2v) is 17.4. The van der Waals surface area contributed by atoms with Crippen molar-refractivity contribution in [1.82, 2.24) is 0 Å². The van der Waals surface area contributed by atoms with E-state index < -0.39 is 0 Å². The Kier molecular flexibility index (Phi) is 42.4. The molecule has 0 spiro atoms. The molecule has 0 N–H and O–H groups in total. The smallest absolute Gasteiger partial charge is 0.0700 e. The van der Waals surface area contributed by atoms with E-state index in [1.807, 2.05) is 47.0 Å². The summed E-state index contributed by atoms with van der Waals surface area (Å²) in [6, 6.07) is 0. The highest BCUT2D eigenvalue weighted by Gasteiger charge is 2.01. The molecule has 0 aromatic carbocycles. The number of ether oxygens (including phenoxy) is 6. The second-order valence-electron chi connectivity index (χ2n) is 10.3. The fourth-order valence-corrected chi connectivity index (χ4v) is 8.43. The van der Waals surface area contributed by atoms with Crippen LogP contribution in [0.15, 0.2) is 48.6 Å². The summed E-state index contributed by atoms with van der Waals surface area (Å²) in [7, 11) is 0. The first-order valence-corrected chi connectivity index (χ1v) is 24.2. The van der Waals surface area contributed by atoms with E-state index in [0.29, 0.717) is 51.4 Å². The van der Waals surface area contributed by atoms with Crippen LogP contribution in [0.3, 0.4) is 0 Å². The van der Waals surface area contributed by atoms with Crippen LogP contribution in [0.2, 0.25) is 0 Å². The first-order valence-electron chi connectivity index (χ1n) is 16.2. The van der Waals surface area contributed by atoms with Gasteiger partial charge in [-0.05, 0) is 0 Å². The Morgan fingerprint density at radius 1 is 0.312 bits per heavy atom. The molecule has 0 unspecified atom stereocenters. The lowest BCUT2D eigenvalue weighted by Crippen LogP contribution is -2.09. The summed E-state index contributed by atoms with van der Waals surface area (Å²) in [5, 5.41) is 0. The van der Waals surface area contributed by atoms with E-state index in [1.165, 1.54) is 11.1 Å². The van der Waals surface area contributed by atoms with E-state index in [0.717, 1.165) is 120 Å². The average molecular weight is 828 g/mol. The maximum absolute atomic E-state index is 5.71. The van der Waals surface area contributed by atoms with Gasteiger partial charge in [0.1, 0.15) is 0 Å². The number of hydrogen-bond donors (Lipinski definition) is 0. The molecule has 0 aliphatic rings. The molecule has 0 saturated carbocycles. The lowest BCUT2D eigenvalue weighted by Gasteiger charge is -2.09. The van der Waals surface area contributed by atoms with Crippen molar-refractivity contribution in [2.75, 3.05) is 160 Å². The van der Waals surface area contributed by atoms with E-state index in [-0.39, 0.29) is 0 Å². The number of thioether (sulfide) groups is 6. The van der Waals surface area contributed by atoms with E-state index in [9.17, 15) is 0 Å². The van der Waals surface area contributed by atoms with Crippen LogP contribution in [-0.4, -0.2) is 160 Å². The van der Waals surface area contributed by atoms with Crippen LogP contribution in [0.25, 0.3) is 0 Å². The normalized spacial score (nSPS) is 11.3. The van der Waals surface area contributed by atoms with Gasteiger partial charge in [0.25, 0.3) is 0 Å². The number of alkyl halides is 2. The van der Waals surface area contributed by atoms with Crippen molar-refractivity contribution in [3.63, 3.8) is 0 Å². The van der Waals surface area contributed by atoms with Crippen molar-refractivity contribution >= 4 is 93.8 Å². The Morgan fingerprint density at radius 3 is 0.688 bits per heavy atom. The summed E-state index contributed by atoms with van der Waals surface area (Å²) >= 11 is 22.5. The molecule has 14 heteroatoms. The SMILES string of the molecule is C=C(CCl)CSCCOCCOCCSCC(=C)CSCCOCCOCCSCC(=C)CSCCOCCOCCSCC(=C)CCl. The van der Waals surface area contributed by atoms with Gasteiger partial charge in [0.05, 0.1) is 79.3 Å². The molecule has 0 atom stereocenters. The van der Waals surface area contributed by atoms with E-state index >= 15 is 0 Å². The minimum Gasteiger partial charge on any atom is -0.378 e. The molecule has 282 valence electrons. The van der Waals surface area contributed by atoms with Gasteiger partial charge in [-0.3, -0.25) is 0 Å². The molecule has 0 amide bonds. The highest BCUT2D eigenvalue weighted by atomic mass is 35.5. The Balaban J connectivity index is 3.25. The molecule has 0 aromatic rings. The molecule has 0 radical (unpaired) electrons. The van der Waals surface area contributed by atoms with Gasteiger partial charge in [-0.15, -0.1) is 23.2 Å². The molecule has 0 heterocycles. The van der Waals surface area contributed by atoms with Crippen molar-refractivity contribution in [2.24, 2.45) is 0 Å². The summed E-state index contributed by atoms with van der Waals surface area (Å²) in [6.07, 6.45) is 0. The van der Waals surface area contributed by atoms with Crippen LogP contribution >= 0.6 is 93.8 Å². The van der Waals surface area contributed by atoms with Crippen molar-refractivity contribution in [3.05, 3.63) is 48.6 Å². The van der Waals surface area contributed by atoms with Crippen molar-refractivity contribution in [2.45, 2.75) is 0 Å². The van der Waals surface area contributed by atoms with Crippen molar-refractivity contribution in [3.8, 4) is 0 Å². The standard InChI is InChI=1S/C34H60Cl2O6S6/c1-31(23-35)25-43-17-11-37-5-7-39-13-19-45-27-33(3)29-47-21-15-41-9-10-42-16-22-48-30-34(4)28-46-20-14-40-8-6-38-12-18-44-26-32(2)24-36/h1-30H2. The first-order chi connectivity index (χ1) is 23.5. The lowest BCUT2D eigenvalue weighted by molar-refractivity contribution is 0.0605. The third-order valence-electron chi connectivity index (χ3n) is 5.56. The molecular formula is C34H60Cl2O6S6. The zero-order chi connectivity index (χ0) is 35.2. The molecule has 0 rings (SSSR count). The maximum Gasteiger partial charge on any atom is 0.0700 e. The molecule has 0 aliphatic carbocycles. The van der Waals surface area contributed by atoms with Crippen LogP contribution in [0, 0.1) is 0 Å². The summed E-state index contributed by atoms with van der Waals surface area (Å²) in [6.45, 7) is 24.4. The fraction of sp³-hybridized carbons (Fsp3) is 0.765. The zero-order valence-electron chi connectivity index (χ0n) is 28.9. The Hall–Kier alpha value is 1.40. The van der Waals surface area contributed by atoms with Gasteiger partial charge < -0.3 is 28.4 Å². The molecule has 0 aliphatic heterocycles. The van der Waals surface area contributed by atoms with Gasteiger partial charge in [-0.25, -0.2) is 0 Å². The molecule has 0 bridgehead atoms. The van der Waals surface area contributed by atoms with Crippen LogP contribution < -0.4 is 0 Å². The Bertz CT molecular complexity index is 722. The fourth-order valence-electron chi connectivity index (χ4n) is 3.13.